The topological polar surface area (TPSA) is 68.0 Å². The van der Waals surface area contributed by atoms with Crippen LogP contribution >= 0.6 is 0 Å². The zero-order valence-electron chi connectivity index (χ0n) is 17.1. The number of amides is 1. The summed E-state index contributed by atoms with van der Waals surface area (Å²) in [4.78, 5) is 14.7. The lowest BCUT2D eigenvalue weighted by atomic mass is 10.2. The van der Waals surface area contributed by atoms with Gasteiger partial charge in [-0.2, -0.15) is 10.2 Å². The molecular formula is C20H32N6O. The standard InChI is InChI=1S/C20H32N6O/c1-5-8-24-9-6-10-26-19(14-24)12-18(23-26)13-21-20(27)7-11-25-17(4)15(2)16(3)22-25/h12H,5-11,13-14H2,1-4H3,(H,21,27). The van der Waals surface area contributed by atoms with Crippen LogP contribution in [-0.4, -0.2) is 43.5 Å². The summed E-state index contributed by atoms with van der Waals surface area (Å²) in [6, 6.07) is 2.14. The first-order valence-corrected chi connectivity index (χ1v) is 10.0. The summed E-state index contributed by atoms with van der Waals surface area (Å²) in [5.41, 5.74) is 5.56. The fraction of sp³-hybridized carbons (Fsp3) is 0.650. The molecule has 7 nitrogen and oxygen atoms in total. The van der Waals surface area contributed by atoms with E-state index in [-0.39, 0.29) is 5.91 Å². The van der Waals surface area contributed by atoms with Gasteiger partial charge in [0.15, 0.2) is 0 Å². The first-order valence-electron chi connectivity index (χ1n) is 10.0. The Labute approximate surface area is 161 Å². The maximum absolute atomic E-state index is 12.2. The van der Waals surface area contributed by atoms with E-state index in [1.165, 1.54) is 17.7 Å². The fourth-order valence-corrected chi connectivity index (χ4v) is 3.67. The van der Waals surface area contributed by atoms with Crippen molar-refractivity contribution in [2.24, 2.45) is 0 Å². The lowest BCUT2D eigenvalue weighted by Gasteiger charge is -2.17. The minimum atomic E-state index is 0.0380. The molecule has 1 aliphatic heterocycles. The predicted octanol–water partition coefficient (Wildman–Crippen LogP) is 2.33. The van der Waals surface area contributed by atoms with Crippen LogP contribution in [0.25, 0.3) is 0 Å². The molecule has 0 aromatic carbocycles. The van der Waals surface area contributed by atoms with Crippen LogP contribution in [0, 0.1) is 20.8 Å². The summed E-state index contributed by atoms with van der Waals surface area (Å²) in [5, 5.41) is 12.2. The molecule has 3 rings (SSSR count). The Hall–Kier alpha value is -2.15. The average molecular weight is 373 g/mol. The van der Waals surface area contributed by atoms with Crippen molar-refractivity contribution in [1.82, 2.24) is 29.8 Å². The minimum absolute atomic E-state index is 0.0380. The zero-order chi connectivity index (χ0) is 19.4. The number of carbonyl (C=O) groups excluding carboxylic acids is 1. The van der Waals surface area contributed by atoms with Crippen LogP contribution in [0.1, 0.15) is 54.5 Å². The molecule has 3 heterocycles. The summed E-state index contributed by atoms with van der Waals surface area (Å²) >= 11 is 0. The van der Waals surface area contributed by atoms with E-state index in [1.807, 2.05) is 18.5 Å². The van der Waals surface area contributed by atoms with Crippen LogP contribution in [0.3, 0.4) is 0 Å². The van der Waals surface area contributed by atoms with Crippen molar-refractivity contribution in [3.63, 3.8) is 0 Å². The third-order valence-corrected chi connectivity index (χ3v) is 5.44. The molecule has 7 heteroatoms. The van der Waals surface area contributed by atoms with Gasteiger partial charge in [0, 0.05) is 38.3 Å². The van der Waals surface area contributed by atoms with Gasteiger partial charge in [0.1, 0.15) is 0 Å². The average Bonchev–Trinajstić information content (AvgIpc) is 3.06. The van der Waals surface area contributed by atoms with E-state index in [0.29, 0.717) is 19.5 Å². The zero-order valence-corrected chi connectivity index (χ0v) is 17.1. The molecule has 148 valence electrons. The van der Waals surface area contributed by atoms with E-state index in [9.17, 15) is 4.79 Å². The number of rotatable bonds is 7. The predicted molar refractivity (Wildman–Crippen MR) is 105 cm³/mol. The van der Waals surface area contributed by atoms with Crippen LogP contribution in [0.4, 0.5) is 0 Å². The molecule has 27 heavy (non-hydrogen) atoms. The lowest BCUT2D eigenvalue weighted by molar-refractivity contribution is -0.121. The monoisotopic (exact) mass is 372 g/mol. The molecule has 0 fully saturated rings. The maximum atomic E-state index is 12.2. The van der Waals surface area contributed by atoms with Gasteiger partial charge < -0.3 is 5.32 Å². The van der Waals surface area contributed by atoms with E-state index >= 15 is 0 Å². The molecular weight excluding hydrogens is 340 g/mol. The quantitative estimate of drug-likeness (QED) is 0.810. The second-order valence-corrected chi connectivity index (χ2v) is 7.53. The number of nitrogens with zero attached hydrogens (tertiary/aromatic N) is 5. The Bertz CT molecular complexity index is 791. The third-order valence-electron chi connectivity index (χ3n) is 5.44. The number of hydrogen-bond donors (Lipinski definition) is 1. The van der Waals surface area contributed by atoms with E-state index in [4.69, 9.17) is 0 Å². The number of fused-ring (bicyclic) bond motifs is 1. The summed E-state index contributed by atoms with van der Waals surface area (Å²) < 4.78 is 4.03. The largest absolute Gasteiger partial charge is 0.350 e. The molecule has 2 aromatic rings. The second-order valence-electron chi connectivity index (χ2n) is 7.53. The summed E-state index contributed by atoms with van der Waals surface area (Å²) in [6.45, 7) is 13.6. The molecule has 0 bridgehead atoms. The molecule has 0 saturated carbocycles. The fourth-order valence-electron chi connectivity index (χ4n) is 3.67. The van der Waals surface area contributed by atoms with Crippen molar-refractivity contribution in [1.29, 1.82) is 0 Å². The Morgan fingerprint density at radius 2 is 2.00 bits per heavy atom. The van der Waals surface area contributed by atoms with Crippen LogP contribution in [0.2, 0.25) is 0 Å². The number of aromatic nitrogens is 4. The van der Waals surface area contributed by atoms with Crippen molar-refractivity contribution in [2.75, 3.05) is 13.1 Å². The Kier molecular flexibility index (Phi) is 6.31. The normalized spacial score (nSPS) is 14.8. The van der Waals surface area contributed by atoms with Crippen molar-refractivity contribution in [3.8, 4) is 0 Å². The van der Waals surface area contributed by atoms with Gasteiger partial charge in [-0.15, -0.1) is 0 Å². The molecule has 2 aromatic heterocycles. The summed E-state index contributed by atoms with van der Waals surface area (Å²) in [6.07, 6.45) is 2.73. The first-order chi connectivity index (χ1) is 13.0. The molecule has 1 amide bonds. The summed E-state index contributed by atoms with van der Waals surface area (Å²) in [7, 11) is 0. The minimum Gasteiger partial charge on any atom is -0.350 e. The molecule has 1 N–H and O–H groups in total. The molecule has 0 saturated heterocycles. The van der Waals surface area contributed by atoms with E-state index in [2.05, 4.69) is 45.0 Å². The van der Waals surface area contributed by atoms with E-state index in [1.54, 1.807) is 0 Å². The molecule has 0 atom stereocenters. The third kappa shape index (κ3) is 4.77. The van der Waals surface area contributed by atoms with Crippen molar-refractivity contribution in [3.05, 3.63) is 34.4 Å². The van der Waals surface area contributed by atoms with Crippen molar-refractivity contribution >= 4 is 5.91 Å². The molecule has 0 aliphatic carbocycles. The Balaban J connectivity index is 1.50. The smallest absolute Gasteiger partial charge is 0.222 e. The van der Waals surface area contributed by atoms with Gasteiger partial charge in [-0.3, -0.25) is 19.1 Å². The van der Waals surface area contributed by atoms with Crippen molar-refractivity contribution < 1.29 is 4.79 Å². The SMILES string of the molecule is CCCN1CCCn2nc(CNC(=O)CCn3nc(C)c(C)c3C)cc2C1. The molecule has 0 radical (unpaired) electrons. The second kappa shape index (κ2) is 8.69. The van der Waals surface area contributed by atoms with E-state index in [0.717, 1.165) is 49.7 Å². The summed E-state index contributed by atoms with van der Waals surface area (Å²) in [5.74, 6) is 0.0380. The van der Waals surface area contributed by atoms with Crippen LogP contribution in [0.5, 0.6) is 0 Å². The highest BCUT2D eigenvalue weighted by Crippen LogP contribution is 2.14. The Morgan fingerprint density at radius 1 is 1.19 bits per heavy atom. The van der Waals surface area contributed by atoms with Gasteiger partial charge in [0.05, 0.1) is 23.6 Å². The maximum Gasteiger partial charge on any atom is 0.222 e. The lowest BCUT2D eigenvalue weighted by Crippen LogP contribution is -2.25. The highest BCUT2D eigenvalue weighted by atomic mass is 16.1. The van der Waals surface area contributed by atoms with Gasteiger partial charge >= 0.3 is 0 Å². The Morgan fingerprint density at radius 3 is 2.70 bits per heavy atom. The van der Waals surface area contributed by atoms with Crippen LogP contribution < -0.4 is 5.32 Å². The van der Waals surface area contributed by atoms with Crippen LogP contribution in [0.15, 0.2) is 6.07 Å². The van der Waals surface area contributed by atoms with Gasteiger partial charge in [0.2, 0.25) is 5.91 Å². The van der Waals surface area contributed by atoms with Crippen molar-refractivity contribution in [2.45, 2.75) is 73.1 Å². The van der Waals surface area contributed by atoms with Gasteiger partial charge in [-0.25, -0.2) is 0 Å². The number of carbonyl (C=O) groups is 1. The number of nitrogens with one attached hydrogen (secondary N) is 1. The van der Waals surface area contributed by atoms with Gasteiger partial charge in [-0.1, -0.05) is 6.92 Å². The highest BCUT2D eigenvalue weighted by Gasteiger charge is 2.16. The van der Waals surface area contributed by atoms with Gasteiger partial charge in [-0.05, 0) is 51.8 Å². The van der Waals surface area contributed by atoms with Crippen LogP contribution in [-0.2, 0) is 31.0 Å². The highest BCUT2D eigenvalue weighted by molar-refractivity contribution is 5.75. The number of aryl methyl sites for hydroxylation is 3. The first kappa shape index (κ1) is 19.6. The molecule has 0 spiro atoms. The van der Waals surface area contributed by atoms with E-state index < -0.39 is 0 Å². The number of hydrogen-bond acceptors (Lipinski definition) is 4. The van der Waals surface area contributed by atoms with Gasteiger partial charge in [0.25, 0.3) is 0 Å². The molecule has 1 aliphatic rings. The molecule has 0 unspecified atom stereocenters.